The third-order valence-corrected chi connectivity index (χ3v) is 4.17. The van der Waals surface area contributed by atoms with Gasteiger partial charge in [-0.3, -0.25) is 4.79 Å². The molecule has 0 saturated heterocycles. The van der Waals surface area contributed by atoms with E-state index in [1.807, 2.05) is 42.5 Å². The van der Waals surface area contributed by atoms with Crippen LogP contribution >= 0.6 is 0 Å². The van der Waals surface area contributed by atoms with Gasteiger partial charge in [0.1, 0.15) is 23.9 Å². The highest BCUT2D eigenvalue weighted by Crippen LogP contribution is 2.25. The van der Waals surface area contributed by atoms with Crippen LogP contribution in [0.4, 0.5) is 5.69 Å². The fourth-order valence-electron chi connectivity index (χ4n) is 2.66. The van der Waals surface area contributed by atoms with Gasteiger partial charge < -0.3 is 19.6 Å². The number of anilines is 1. The first-order valence-corrected chi connectivity index (χ1v) is 8.88. The van der Waals surface area contributed by atoms with Crippen molar-refractivity contribution in [1.82, 2.24) is 0 Å². The molecule has 1 aromatic heterocycles. The number of carbonyl (C=O) groups excluding carboxylic acids is 1. The average Bonchev–Trinajstić information content (AvgIpc) is 3.16. The average molecular weight is 365 g/mol. The molecule has 0 bridgehead atoms. The molecule has 5 nitrogen and oxygen atoms in total. The molecule has 3 aromatic rings. The number of carbonyl (C=O) groups is 1. The Labute approximate surface area is 158 Å². The molecule has 0 saturated carbocycles. The molecular weight excluding hydrogens is 342 g/mol. The van der Waals surface area contributed by atoms with Crippen molar-refractivity contribution in [2.24, 2.45) is 0 Å². The maximum atomic E-state index is 12.2. The number of nitrogens with one attached hydrogen (secondary N) is 1. The Morgan fingerprint density at radius 2 is 1.89 bits per heavy atom. The Bertz CT molecular complexity index is 897. The summed E-state index contributed by atoms with van der Waals surface area (Å²) in [6.45, 7) is 4.04. The molecule has 5 heteroatoms. The van der Waals surface area contributed by atoms with Crippen molar-refractivity contribution in [2.75, 3.05) is 11.9 Å². The molecule has 0 radical (unpaired) electrons. The van der Waals surface area contributed by atoms with E-state index >= 15 is 0 Å². The first-order chi connectivity index (χ1) is 13.0. The van der Waals surface area contributed by atoms with Crippen molar-refractivity contribution in [3.05, 3.63) is 72.0 Å². The van der Waals surface area contributed by atoms with Crippen molar-refractivity contribution in [2.45, 2.75) is 26.4 Å². The van der Waals surface area contributed by atoms with Crippen LogP contribution in [0.15, 0.2) is 65.1 Å². The number of benzene rings is 2. The summed E-state index contributed by atoms with van der Waals surface area (Å²) in [5, 5.41) is 11.9. The predicted octanol–water partition coefficient (Wildman–Crippen LogP) is 4.58. The van der Waals surface area contributed by atoms with Crippen LogP contribution in [0, 0.1) is 0 Å². The van der Waals surface area contributed by atoms with Gasteiger partial charge in [-0.25, -0.2) is 0 Å². The summed E-state index contributed by atoms with van der Waals surface area (Å²) in [6.07, 6.45) is 0. The number of furan rings is 1. The third-order valence-electron chi connectivity index (χ3n) is 4.17. The van der Waals surface area contributed by atoms with Gasteiger partial charge in [-0.15, -0.1) is 0 Å². The number of ether oxygens (including phenoxy) is 1. The van der Waals surface area contributed by atoms with Crippen molar-refractivity contribution in [3.8, 4) is 17.1 Å². The molecule has 0 aliphatic heterocycles. The molecule has 2 N–H and O–H groups in total. The summed E-state index contributed by atoms with van der Waals surface area (Å²) in [5.74, 6) is 2.01. The summed E-state index contributed by atoms with van der Waals surface area (Å²) in [4.78, 5) is 12.2. The molecule has 3 rings (SSSR count). The minimum atomic E-state index is -0.240. The van der Waals surface area contributed by atoms with Crippen molar-refractivity contribution in [3.63, 3.8) is 0 Å². The molecule has 140 valence electrons. The van der Waals surface area contributed by atoms with Crippen LogP contribution in [0.1, 0.15) is 31.1 Å². The van der Waals surface area contributed by atoms with Gasteiger partial charge in [0.05, 0.1) is 0 Å². The Morgan fingerprint density at radius 3 is 2.56 bits per heavy atom. The fraction of sp³-hybridized carbons (Fsp3) is 0.227. The van der Waals surface area contributed by atoms with Gasteiger partial charge in [0.15, 0.2) is 6.61 Å². The van der Waals surface area contributed by atoms with Gasteiger partial charge >= 0.3 is 0 Å². The zero-order valence-corrected chi connectivity index (χ0v) is 15.4. The van der Waals surface area contributed by atoms with E-state index in [2.05, 4.69) is 19.2 Å². The SMILES string of the molecule is CC(C)c1ccc(OCC(=O)Nc2cccc(-c3ccc(CO)o3)c2)cc1. The highest BCUT2D eigenvalue weighted by atomic mass is 16.5. The highest BCUT2D eigenvalue weighted by molar-refractivity contribution is 5.92. The lowest BCUT2D eigenvalue weighted by Crippen LogP contribution is -2.20. The Kier molecular flexibility index (Phi) is 5.94. The first-order valence-electron chi connectivity index (χ1n) is 8.88. The smallest absolute Gasteiger partial charge is 0.262 e. The molecule has 0 aliphatic rings. The largest absolute Gasteiger partial charge is 0.484 e. The van der Waals surface area contributed by atoms with Crippen LogP contribution in [0.2, 0.25) is 0 Å². The van der Waals surface area contributed by atoms with Gasteiger partial charge in [0.25, 0.3) is 5.91 Å². The number of amides is 1. The van der Waals surface area contributed by atoms with Crippen LogP contribution in [0.25, 0.3) is 11.3 Å². The Hall–Kier alpha value is -3.05. The molecule has 2 aromatic carbocycles. The van der Waals surface area contributed by atoms with Gasteiger partial charge in [0.2, 0.25) is 0 Å². The maximum Gasteiger partial charge on any atom is 0.262 e. The lowest BCUT2D eigenvalue weighted by molar-refractivity contribution is -0.118. The second-order valence-corrected chi connectivity index (χ2v) is 6.57. The van der Waals surface area contributed by atoms with Crippen LogP contribution in [0.5, 0.6) is 5.75 Å². The van der Waals surface area contributed by atoms with Crippen LogP contribution < -0.4 is 10.1 Å². The first kappa shape index (κ1) is 18.7. The summed E-state index contributed by atoms with van der Waals surface area (Å²) in [5.41, 5.74) is 2.70. The standard InChI is InChI=1S/C22H23NO4/c1-15(2)16-6-8-19(9-7-16)26-14-22(25)23-18-5-3-4-17(12-18)21-11-10-20(13-24)27-21/h3-12,15,24H,13-14H2,1-2H3,(H,23,25). The maximum absolute atomic E-state index is 12.2. The number of aliphatic hydroxyl groups is 1. The van der Waals surface area contributed by atoms with E-state index < -0.39 is 0 Å². The molecule has 0 fully saturated rings. The molecule has 1 amide bonds. The normalized spacial score (nSPS) is 10.8. The van der Waals surface area contributed by atoms with E-state index in [4.69, 9.17) is 14.3 Å². The zero-order chi connectivity index (χ0) is 19.2. The van der Waals surface area contributed by atoms with Gasteiger partial charge in [-0.05, 0) is 47.9 Å². The molecule has 0 unspecified atom stereocenters. The zero-order valence-electron chi connectivity index (χ0n) is 15.4. The van der Waals surface area contributed by atoms with Gasteiger partial charge in [-0.2, -0.15) is 0 Å². The van der Waals surface area contributed by atoms with E-state index in [0.29, 0.717) is 28.9 Å². The molecule has 0 atom stereocenters. The molecular formula is C22H23NO4. The minimum Gasteiger partial charge on any atom is -0.484 e. The van der Waals surface area contributed by atoms with Crippen LogP contribution in [-0.4, -0.2) is 17.6 Å². The lowest BCUT2D eigenvalue weighted by atomic mass is 10.0. The summed E-state index contributed by atoms with van der Waals surface area (Å²) in [6, 6.07) is 18.6. The van der Waals surface area contributed by atoms with Crippen LogP contribution in [-0.2, 0) is 11.4 Å². The fourth-order valence-corrected chi connectivity index (χ4v) is 2.66. The third kappa shape index (κ3) is 4.99. The second kappa shape index (κ2) is 8.56. The van der Waals surface area contributed by atoms with Gasteiger partial charge in [-0.1, -0.05) is 38.1 Å². The molecule has 0 spiro atoms. The Morgan fingerprint density at radius 1 is 1.11 bits per heavy atom. The summed E-state index contributed by atoms with van der Waals surface area (Å²) < 4.78 is 11.1. The lowest BCUT2D eigenvalue weighted by Gasteiger charge is -2.10. The van der Waals surface area contributed by atoms with Crippen molar-refractivity contribution >= 4 is 11.6 Å². The van der Waals surface area contributed by atoms with Crippen LogP contribution in [0.3, 0.4) is 0 Å². The van der Waals surface area contributed by atoms with E-state index in [0.717, 1.165) is 5.56 Å². The topological polar surface area (TPSA) is 71.7 Å². The quantitative estimate of drug-likeness (QED) is 0.643. The molecule has 0 aliphatic carbocycles. The number of hydrogen-bond donors (Lipinski definition) is 2. The predicted molar refractivity (Wildman–Crippen MR) is 105 cm³/mol. The van der Waals surface area contributed by atoms with Crippen molar-refractivity contribution in [1.29, 1.82) is 0 Å². The number of hydrogen-bond acceptors (Lipinski definition) is 4. The van der Waals surface area contributed by atoms with Gasteiger partial charge in [0, 0.05) is 11.3 Å². The van der Waals surface area contributed by atoms with Crippen molar-refractivity contribution < 1.29 is 19.1 Å². The van der Waals surface area contributed by atoms with E-state index in [1.165, 1.54) is 5.56 Å². The summed E-state index contributed by atoms with van der Waals surface area (Å²) >= 11 is 0. The minimum absolute atomic E-state index is 0.0688. The molecule has 27 heavy (non-hydrogen) atoms. The van der Waals surface area contributed by atoms with E-state index in [1.54, 1.807) is 18.2 Å². The molecule has 1 heterocycles. The summed E-state index contributed by atoms with van der Waals surface area (Å²) in [7, 11) is 0. The number of aliphatic hydroxyl groups excluding tert-OH is 1. The second-order valence-electron chi connectivity index (χ2n) is 6.57. The monoisotopic (exact) mass is 365 g/mol. The van der Waals surface area contributed by atoms with E-state index in [-0.39, 0.29) is 19.1 Å². The Balaban J connectivity index is 1.58. The van der Waals surface area contributed by atoms with E-state index in [9.17, 15) is 4.79 Å². The number of rotatable bonds is 7. The highest BCUT2D eigenvalue weighted by Gasteiger charge is 2.08.